The Kier molecular flexibility index (Phi) is 6.06. The number of carbonyl (C=O) groups excluding carboxylic acids is 1. The van der Waals surface area contributed by atoms with Crippen LogP contribution < -0.4 is 10.9 Å². The van der Waals surface area contributed by atoms with Crippen LogP contribution in [0.15, 0.2) is 53.3 Å². The highest BCUT2D eigenvalue weighted by atomic mass is 19.1. The van der Waals surface area contributed by atoms with Crippen molar-refractivity contribution < 1.29 is 18.0 Å². The Balaban J connectivity index is 2.05. The number of carbonyl (C=O) groups is 1. The Bertz CT molecular complexity index is 1460. The minimum Gasteiger partial charge on any atom is -0.347 e. The van der Waals surface area contributed by atoms with Crippen molar-refractivity contribution in [2.75, 3.05) is 26.0 Å². The van der Waals surface area contributed by atoms with E-state index in [1.807, 2.05) is 0 Å². The minimum absolute atomic E-state index is 0.0440. The van der Waals surface area contributed by atoms with E-state index < -0.39 is 28.7 Å². The van der Waals surface area contributed by atoms with E-state index in [1.54, 1.807) is 21.0 Å². The van der Waals surface area contributed by atoms with Crippen molar-refractivity contribution >= 4 is 22.9 Å². The lowest BCUT2D eigenvalue weighted by Crippen LogP contribution is -2.29. The molecule has 10 heteroatoms. The predicted octanol–water partition coefficient (Wildman–Crippen LogP) is 3.67. The van der Waals surface area contributed by atoms with Crippen LogP contribution in [0.5, 0.6) is 0 Å². The van der Waals surface area contributed by atoms with Crippen LogP contribution in [0, 0.1) is 24.4 Å². The van der Waals surface area contributed by atoms with E-state index in [9.17, 15) is 22.8 Å². The fourth-order valence-electron chi connectivity index (χ4n) is 3.52. The van der Waals surface area contributed by atoms with Crippen molar-refractivity contribution in [2.24, 2.45) is 0 Å². The van der Waals surface area contributed by atoms with Crippen molar-refractivity contribution in [3.05, 3.63) is 81.9 Å². The molecule has 7 nitrogen and oxygen atoms in total. The van der Waals surface area contributed by atoms with E-state index in [4.69, 9.17) is 0 Å². The number of para-hydroxylation sites is 1. The number of likely N-dealkylation sites (N-methyl/N-ethyl adjacent to an activating group) is 1. The lowest BCUT2D eigenvalue weighted by molar-refractivity contribution is -0.126. The van der Waals surface area contributed by atoms with Crippen LogP contribution in [-0.2, 0) is 4.79 Å². The molecule has 34 heavy (non-hydrogen) atoms. The third kappa shape index (κ3) is 4.21. The molecule has 0 aliphatic carbocycles. The molecule has 0 saturated carbocycles. The monoisotopic (exact) mass is 467 g/mol. The van der Waals surface area contributed by atoms with Crippen LogP contribution >= 0.6 is 0 Å². The molecule has 4 aromatic rings. The van der Waals surface area contributed by atoms with Gasteiger partial charge in [0, 0.05) is 31.1 Å². The third-order valence-electron chi connectivity index (χ3n) is 5.25. The summed E-state index contributed by atoms with van der Waals surface area (Å²) in [5.74, 6) is -2.67. The lowest BCUT2D eigenvalue weighted by Gasteiger charge is -2.16. The fourth-order valence-corrected chi connectivity index (χ4v) is 3.52. The topological polar surface area (TPSA) is 80.1 Å². The first-order chi connectivity index (χ1) is 16.2. The largest absolute Gasteiger partial charge is 0.347 e. The molecule has 174 valence electrons. The number of nitrogens with one attached hydrogen (secondary N) is 1. The van der Waals surface area contributed by atoms with Crippen LogP contribution in [0.25, 0.3) is 28.0 Å². The van der Waals surface area contributed by atoms with Crippen LogP contribution in [0.4, 0.5) is 19.1 Å². The molecule has 2 aromatic heterocycles. The van der Waals surface area contributed by atoms with Crippen LogP contribution in [0.3, 0.4) is 0 Å². The summed E-state index contributed by atoms with van der Waals surface area (Å²) in [5, 5.41) is 3.10. The number of hydrogen-bond donors (Lipinski definition) is 1. The summed E-state index contributed by atoms with van der Waals surface area (Å²) < 4.78 is 43.9. The zero-order chi connectivity index (χ0) is 24.6. The van der Waals surface area contributed by atoms with Gasteiger partial charge in [-0.15, -0.1) is 0 Å². The van der Waals surface area contributed by atoms with Gasteiger partial charge in [-0.05, 0) is 48.9 Å². The molecule has 1 N–H and O–H groups in total. The molecular formula is C24H20F3N5O2. The number of pyridine rings is 1. The van der Waals surface area contributed by atoms with Crippen molar-refractivity contribution in [1.82, 2.24) is 19.4 Å². The van der Waals surface area contributed by atoms with Gasteiger partial charge in [0.15, 0.2) is 5.65 Å². The van der Waals surface area contributed by atoms with Gasteiger partial charge in [-0.2, -0.15) is 4.98 Å². The van der Waals surface area contributed by atoms with Gasteiger partial charge in [0.25, 0.3) is 5.56 Å². The van der Waals surface area contributed by atoms with Gasteiger partial charge >= 0.3 is 0 Å². The summed E-state index contributed by atoms with van der Waals surface area (Å²) in [6.45, 7) is 1.52. The minimum atomic E-state index is -0.954. The van der Waals surface area contributed by atoms with Gasteiger partial charge in [0.05, 0.1) is 12.2 Å². The van der Waals surface area contributed by atoms with E-state index in [2.05, 4.69) is 15.3 Å². The molecule has 0 aliphatic rings. The molecule has 0 bridgehead atoms. The molecule has 0 aliphatic heterocycles. The van der Waals surface area contributed by atoms with Crippen LogP contribution in [0.1, 0.15) is 5.56 Å². The Labute approximate surface area is 192 Å². The number of anilines is 1. The Morgan fingerprint density at radius 2 is 1.74 bits per heavy atom. The van der Waals surface area contributed by atoms with Crippen LogP contribution in [0.2, 0.25) is 0 Å². The highest BCUT2D eigenvalue weighted by molar-refractivity contribution is 5.93. The fraction of sp³-hybridized carbons (Fsp3) is 0.167. The zero-order valence-corrected chi connectivity index (χ0v) is 18.6. The van der Waals surface area contributed by atoms with E-state index in [1.165, 1.54) is 35.2 Å². The van der Waals surface area contributed by atoms with Gasteiger partial charge < -0.3 is 10.2 Å². The summed E-state index contributed by atoms with van der Waals surface area (Å²) in [7, 11) is 3.16. The number of hydrogen-bond acceptors (Lipinski definition) is 5. The molecule has 0 spiro atoms. The number of benzene rings is 2. The SMILES string of the molecule is Cc1cc(F)ccc1-c1nc(NCC(=O)N(C)C)nc2c1ccc(=O)n2-c1c(F)cccc1F. The Hall–Kier alpha value is -4.21. The summed E-state index contributed by atoms with van der Waals surface area (Å²) in [4.78, 5) is 35.0. The Morgan fingerprint density at radius 1 is 1.03 bits per heavy atom. The maximum absolute atomic E-state index is 14.7. The summed E-state index contributed by atoms with van der Waals surface area (Å²) in [6, 6.07) is 9.94. The molecule has 0 saturated heterocycles. The van der Waals surface area contributed by atoms with Gasteiger partial charge in [-0.1, -0.05) is 6.07 Å². The second-order valence-electron chi connectivity index (χ2n) is 7.81. The van der Waals surface area contributed by atoms with Crippen molar-refractivity contribution in [2.45, 2.75) is 6.92 Å². The maximum atomic E-state index is 14.7. The number of aryl methyl sites for hydroxylation is 1. The van der Waals surface area contributed by atoms with E-state index in [0.29, 0.717) is 22.2 Å². The van der Waals surface area contributed by atoms with E-state index >= 15 is 0 Å². The number of halogens is 3. The van der Waals surface area contributed by atoms with Gasteiger partial charge in [-0.3, -0.25) is 14.2 Å². The van der Waals surface area contributed by atoms with Gasteiger partial charge in [0.2, 0.25) is 11.9 Å². The first-order valence-electron chi connectivity index (χ1n) is 10.3. The number of nitrogens with zero attached hydrogens (tertiary/aromatic N) is 4. The highest BCUT2D eigenvalue weighted by Gasteiger charge is 2.20. The van der Waals surface area contributed by atoms with Crippen LogP contribution in [-0.4, -0.2) is 46.0 Å². The second-order valence-corrected chi connectivity index (χ2v) is 7.81. The molecular weight excluding hydrogens is 447 g/mol. The molecule has 2 heterocycles. The predicted molar refractivity (Wildman–Crippen MR) is 122 cm³/mol. The standard InChI is InChI=1S/C24H20F3N5O2/c1-13-11-14(25)7-8-15(13)21-16-9-10-19(33)32(22-17(26)5-4-6-18(22)27)23(16)30-24(29-21)28-12-20(34)31(2)3/h4-11H,12H2,1-3H3,(H,28,29,30). The van der Waals surface area contributed by atoms with Crippen molar-refractivity contribution in [3.8, 4) is 16.9 Å². The van der Waals surface area contributed by atoms with Crippen molar-refractivity contribution in [1.29, 1.82) is 0 Å². The van der Waals surface area contributed by atoms with Crippen molar-refractivity contribution in [3.63, 3.8) is 0 Å². The third-order valence-corrected chi connectivity index (χ3v) is 5.25. The molecule has 1 amide bonds. The molecule has 0 unspecified atom stereocenters. The molecule has 2 aromatic carbocycles. The lowest BCUT2D eigenvalue weighted by atomic mass is 10.0. The molecule has 0 radical (unpaired) electrons. The zero-order valence-electron chi connectivity index (χ0n) is 18.6. The van der Waals surface area contributed by atoms with Gasteiger partial charge in [-0.25, -0.2) is 18.2 Å². The molecule has 4 rings (SSSR count). The van der Waals surface area contributed by atoms with Gasteiger partial charge in [0.1, 0.15) is 23.1 Å². The van der Waals surface area contributed by atoms with E-state index in [0.717, 1.165) is 22.8 Å². The normalized spacial score (nSPS) is 11.0. The average Bonchev–Trinajstić information content (AvgIpc) is 2.78. The quantitative estimate of drug-likeness (QED) is 0.485. The first-order valence-corrected chi connectivity index (χ1v) is 10.3. The summed E-state index contributed by atoms with van der Waals surface area (Å²) in [5.41, 5.74) is -0.0147. The smallest absolute Gasteiger partial charge is 0.256 e. The average molecular weight is 467 g/mol. The maximum Gasteiger partial charge on any atom is 0.256 e. The number of amides is 1. The molecule has 0 fully saturated rings. The summed E-state index contributed by atoms with van der Waals surface area (Å²) >= 11 is 0. The highest BCUT2D eigenvalue weighted by Crippen LogP contribution is 2.31. The first kappa shape index (κ1) is 23.0. The number of rotatable bonds is 5. The number of fused-ring (bicyclic) bond motifs is 1. The molecule has 0 atom stereocenters. The number of aromatic nitrogens is 3. The van der Waals surface area contributed by atoms with E-state index in [-0.39, 0.29) is 24.0 Å². The Morgan fingerprint density at radius 3 is 2.38 bits per heavy atom. The second kappa shape index (κ2) is 8.97. The summed E-state index contributed by atoms with van der Waals surface area (Å²) in [6.07, 6.45) is 0.